The van der Waals surface area contributed by atoms with Gasteiger partial charge in [0.1, 0.15) is 0 Å². The van der Waals surface area contributed by atoms with E-state index >= 15 is 0 Å². The van der Waals surface area contributed by atoms with Crippen LogP contribution in [-0.4, -0.2) is 70.4 Å². The monoisotopic (exact) mass is 319 g/mol. The van der Waals surface area contributed by atoms with Crippen molar-refractivity contribution < 1.29 is 17.9 Å². The highest BCUT2D eigenvalue weighted by molar-refractivity contribution is 7.88. The smallest absolute Gasteiger partial charge is 0.229 e. The predicted octanol–water partition coefficient (Wildman–Crippen LogP) is -0.849. The minimum atomic E-state index is -3.18. The molecule has 0 bridgehead atoms. The van der Waals surface area contributed by atoms with Crippen LogP contribution in [0.1, 0.15) is 19.8 Å². The maximum absolute atomic E-state index is 12.5. The second-order valence-corrected chi connectivity index (χ2v) is 7.58. The summed E-state index contributed by atoms with van der Waals surface area (Å²) in [4.78, 5) is 14.4. The summed E-state index contributed by atoms with van der Waals surface area (Å²) in [7, 11) is -3.18. The molecule has 1 amide bonds. The zero-order valence-corrected chi connectivity index (χ0v) is 13.5. The molecule has 0 radical (unpaired) electrons. The van der Waals surface area contributed by atoms with E-state index in [9.17, 15) is 13.2 Å². The summed E-state index contributed by atoms with van der Waals surface area (Å²) in [6.07, 6.45) is 2.50. The van der Waals surface area contributed by atoms with Crippen molar-refractivity contribution in [2.45, 2.75) is 31.8 Å². The van der Waals surface area contributed by atoms with E-state index in [1.165, 1.54) is 6.26 Å². The highest BCUT2D eigenvalue weighted by atomic mass is 32.2. The number of nitrogens with one attached hydrogen (secondary N) is 2. The summed E-state index contributed by atoms with van der Waals surface area (Å²) in [6, 6.07) is 0.0304. The van der Waals surface area contributed by atoms with Crippen molar-refractivity contribution in [3.05, 3.63) is 0 Å². The summed E-state index contributed by atoms with van der Waals surface area (Å²) in [5.74, 6) is 0.000576. The number of carbonyl (C=O) groups excluding carboxylic acids is 1. The Morgan fingerprint density at radius 2 is 1.95 bits per heavy atom. The predicted molar refractivity (Wildman–Crippen MR) is 79.4 cm³/mol. The first kappa shape index (κ1) is 16.7. The van der Waals surface area contributed by atoms with Crippen molar-refractivity contribution in [3.63, 3.8) is 0 Å². The quantitative estimate of drug-likeness (QED) is 0.689. The molecule has 0 aromatic carbocycles. The topological polar surface area (TPSA) is 87.7 Å². The molecule has 2 atom stereocenters. The number of amides is 1. The van der Waals surface area contributed by atoms with Gasteiger partial charge in [0.15, 0.2) is 0 Å². The number of ether oxygens (including phenoxy) is 1. The summed E-state index contributed by atoms with van der Waals surface area (Å²) < 4.78 is 30.5. The third-order valence-electron chi connectivity index (χ3n) is 4.05. The van der Waals surface area contributed by atoms with E-state index in [1.807, 2.05) is 11.8 Å². The number of hydrogen-bond acceptors (Lipinski definition) is 5. The van der Waals surface area contributed by atoms with E-state index < -0.39 is 10.0 Å². The standard InChI is InChI=1S/C13H25N3O4S/c1-3-14-12-9-20-8-11(12)13(17)16-6-4-10(5-7-16)15-21(2,18)19/h10-12,14-15H,3-9H2,1-2H3. The SMILES string of the molecule is CCNC1COCC1C(=O)N1CCC(NS(C)(=O)=O)CC1. The fraction of sp³-hybridized carbons (Fsp3) is 0.923. The van der Waals surface area contributed by atoms with Crippen molar-refractivity contribution in [1.82, 2.24) is 14.9 Å². The summed E-state index contributed by atoms with van der Waals surface area (Å²) in [5.41, 5.74) is 0. The van der Waals surface area contributed by atoms with Gasteiger partial charge in [-0.15, -0.1) is 0 Å². The van der Waals surface area contributed by atoms with Crippen LogP contribution in [0.15, 0.2) is 0 Å². The van der Waals surface area contributed by atoms with Crippen LogP contribution < -0.4 is 10.0 Å². The van der Waals surface area contributed by atoms with Gasteiger partial charge in [0.05, 0.1) is 25.4 Å². The highest BCUT2D eigenvalue weighted by Gasteiger charge is 2.37. The third kappa shape index (κ3) is 4.64. The molecule has 2 fully saturated rings. The maximum atomic E-state index is 12.5. The summed E-state index contributed by atoms with van der Waals surface area (Å²) in [5, 5.41) is 3.29. The van der Waals surface area contributed by atoms with E-state index in [2.05, 4.69) is 10.0 Å². The van der Waals surface area contributed by atoms with Gasteiger partial charge in [0.2, 0.25) is 15.9 Å². The normalized spacial score (nSPS) is 28.0. The first-order chi connectivity index (χ1) is 9.90. The van der Waals surface area contributed by atoms with Gasteiger partial charge in [-0.2, -0.15) is 0 Å². The molecule has 0 saturated carbocycles. The van der Waals surface area contributed by atoms with E-state index in [0.717, 1.165) is 6.54 Å². The van der Waals surface area contributed by atoms with Crippen LogP contribution in [-0.2, 0) is 19.6 Å². The fourth-order valence-corrected chi connectivity index (χ4v) is 3.86. The molecule has 21 heavy (non-hydrogen) atoms. The van der Waals surface area contributed by atoms with Gasteiger partial charge in [-0.05, 0) is 19.4 Å². The molecule has 7 nitrogen and oxygen atoms in total. The van der Waals surface area contributed by atoms with Crippen molar-refractivity contribution in [3.8, 4) is 0 Å². The average molecular weight is 319 g/mol. The first-order valence-corrected chi connectivity index (χ1v) is 9.37. The van der Waals surface area contributed by atoms with Gasteiger partial charge in [0.25, 0.3) is 0 Å². The molecule has 2 unspecified atom stereocenters. The first-order valence-electron chi connectivity index (χ1n) is 7.48. The lowest BCUT2D eigenvalue weighted by molar-refractivity contribution is -0.137. The highest BCUT2D eigenvalue weighted by Crippen LogP contribution is 2.20. The number of piperidine rings is 1. The molecule has 2 aliphatic rings. The molecule has 2 N–H and O–H groups in total. The number of hydrogen-bond donors (Lipinski definition) is 2. The molecule has 2 heterocycles. The number of likely N-dealkylation sites (N-methyl/N-ethyl adjacent to an activating group) is 1. The van der Waals surface area contributed by atoms with Crippen molar-refractivity contribution in [2.24, 2.45) is 5.92 Å². The zero-order chi connectivity index (χ0) is 15.5. The van der Waals surface area contributed by atoms with Gasteiger partial charge < -0.3 is 15.0 Å². The summed E-state index contributed by atoms with van der Waals surface area (Å²) >= 11 is 0. The molecule has 2 saturated heterocycles. The van der Waals surface area contributed by atoms with Crippen LogP contribution in [0.25, 0.3) is 0 Å². The lowest BCUT2D eigenvalue weighted by atomic mass is 9.99. The Labute approximate surface area is 126 Å². The van der Waals surface area contributed by atoms with Gasteiger partial charge in [-0.25, -0.2) is 13.1 Å². The van der Waals surface area contributed by atoms with Crippen LogP contribution in [0.4, 0.5) is 0 Å². The minimum absolute atomic E-state index is 0.0616. The largest absolute Gasteiger partial charge is 0.379 e. The van der Waals surface area contributed by atoms with Gasteiger partial charge >= 0.3 is 0 Å². The van der Waals surface area contributed by atoms with E-state index in [-0.39, 0.29) is 23.9 Å². The number of likely N-dealkylation sites (tertiary alicyclic amines) is 1. The van der Waals surface area contributed by atoms with Crippen molar-refractivity contribution in [1.29, 1.82) is 0 Å². The molecule has 0 aromatic heterocycles. The molecule has 122 valence electrons. The molecule has 2 rings (SSSR count). The van der Waals surface area contributed by atoms with Crippen LogP contribution in [0.3, 0.4) is 0 Å². The second-order valence-electron chi connectivity index (χ2n) is 5.80. The van der Waals surface area contributed by atoms with Crippen LogP contribution in [0.5, 0.6) is 0 Å². The van der Waals surface area contributed by atoms with Crippen LogP contribution in [0.2, 0.25) is 0 Å². The second kappa shape index (κ2) is 7.04. The lowest BCUT2D eigenvalue weighted by Crippen LogP contribution is -2.51. The number of nitrogens with zero attached hydrogens (tertiary/aromatic N) is 1. The van der Waals surface area contributed by atoms with E-state index in [4.69, 9.17) is 4.74 Å². The Kier molecular flexibility index (Phi) is 5.59. The maximum Gasteiger partial charge on any atom is 0.229 e. The average Bonchev–Trinajstić information content (AvgIpc) is 2.86. The Bertz CT molecular complexity index is 460. The molecule has 0 aromatic rings. The number of sulfonamides is 1. The van der Waals surface area contributed by atoms with Gasteiger partial charge in [-0.3, -0.25) is 4.79 Å². The number of rotatable bonds is 5. The van der Waals surface area contributed by atoms with Gasteiger partial charge in [0, 0.05) is 25.2 Å². The molecule has 0 spiro atoms. The fourth-order valence-electron chi connectivity index (χ4n) is 3.02. The van der Waals surface area contributed by atoms with E-state index in [1.54, 1.807) is 0 Å². The minimum Gasteiger partial charge on any atom is -0.379 e. The molecule has 2 aliphatic heterocycles. The Morgan fingerprint density at radius 1 is 1.29 bits per heavy atom. The van der Waals surface area contributed by atoms with Crippen molar-refractivity contribution in [2.75, 3.05) is 39.1 Å². The molecule has 0 aliphatic carbocycles. The van der Waals surface area contributed by atoms with Crippen LogP contribution in [0, 0.1) is 5.92 Å². The lowest BCUT2D eigenvalue weighted by Gasteiger charge is -2.34. The summed E-state index contributed by atoms with van der Waals surface area (Å²) in [6.45, 7) is 5.08. The number of carbonyl (C=O) groups is 1. The van der Waals surface area contributed by atoms with Crippen molar-refractivity contribution >= 4 is 15.9 Å². The third-order valence-corrected chi connectivity index (χ3v) is 4.81. The van der Waals surface area contributed by atoms with Crippen LogP contribution >= 0.6 is 0 Å². The Balaban J connectivity index is 1.85. The molecular formula is C13H25N3O4S. The Hall–Kier alpha value is -0.700. The molecular weight excluding hydrogens is 294 g/mol. The van der Waals surface area contributed by atoms with Gasteiger partial charge in [-0.1, -0.05) is 6.92 Å². The Morgan fingerprint density at radius 3 is 2.52 bits per heavy atom. The van der Waals surface area contributed by atoms with E-state index in [0.29, 0.717) is 39.1 Å². The molecule has 8 heteroatoms. The zero-order valence-electron chi connectivity index (χ0n) is 12.7.